The topological polar surface area (TPSA) is 21.3 Å². The Morgan fingerprint density at radius 3 is 2.74 bits per heavy atom. The summed E-state index contributed by atoms with van der Waals surface area (Å²) in [6.07, 6.45) is 9.13. The molecule has 0 spiro atoms. The normalized spacial score (nSPS) is 19.8. The van der Waals surface area contributed by atoms with Crippen molar-refractivity contribution in [1.82, 2.24) is 5.32 Å². The Kier molecular flexibility index (Phi) is 4.29. The second kappa shape index (κ2) is 6.15. The number of hydrogen-bond acceptors (Lipinski definition) is 2. The first kappa shape index (κ1) is 13.3. The van der Waals surface area contributed by atoms with E-state index >= 15 is 0 Å². The van der Waals surface area contributed by atoms with Gasteiger partial charge in [-0.2, -0.15) is 0 Å². The Balaban J connectivity index is 1.66. The molecule has 2 nitrogen and oxygen atoms in total. The van der Waals surface area contributed by atoms with Crippen molar-refractivity contribution in [3.8, 4) is 5.75 Å². The number of nitrogens with one attached hydrogen (secondary N) is 1. The zero-order valence-corrected chi connectivity index (χ0v) is 12.1. The van der Waals surface area contributed by atoms with Crippen LogP contribution in [0.5, 0.6) is 5.75 Å². The van der Waals surface area contributed by atoms with Gasteiger partial charge in [-0.3, -0.25) is 0 Å². The third-order valence-electron chi connectivity index (χ3n) is 4.26. The van der Waals surface area contributed by atoms with E-state index in [9.17, 15) is 0 Å². The standard InChI is InChI=1S/C16H22ClNO/c17-14-9-12-7-8-19-16(12)13(10-14)11-18-15-5-3-1-2-4-6-15/h9-10,15,18H,1-8,11H2. The molecule has 104 valence electrons. The lowest BCUT2D eigenvalue weighted by Gasteiger charge is -2.17. The van der Waals surface area contributed by atoms with Gasteiger partial charge < -0.3 is 10.1 Å². The van der Waals surface area contributed by atoms with Crippen molar-refractivity contribution in [3.63, 3.8) is 0 Å². The molecular weight excluding hydrogens is 258 g/mol. The van der Waals surface area contributed by atoms with E-state index in [1.165, 1.54) is 49.7 Å². The van der Waals surface area contributed by atoms with E-state index in [1.54, 1.807) is 0 Å². The minimum Gasteiger partial charge on any atom is -0.493 e. The number of ether oxygens (including phenoxy) is 1. The summed E-state index contributed by atoms with van der Waals surface area (Å²) in [6.45, 7) is 1.68. The molecule has 1 aromatic carbocycles. The Morgan fingerprint density at radius 2 is 1.95 bits per heavy atom. The zero-order chi connectivity index (χ0) is 13.1. The Bertz CT molecular complexity index is 439. The number of hydrogen-bond donors (Lipinski definition) is 1. The van der Waals surface area contributed by atoms with Crippen LogP contribution in [0.15, 0.2) is 12.1 Å². The zero-order valence-electron chi connectivity index (χ0n) is 11.4. The summed E-state index contributed by atoms with van der Waals surface area (Å²) >= 11 is 6.19. The van der Waals surface area contributed by atoms with Crippen LogP contribution in [0, 0.1) is 0 Å². The molecule has 1 saturated carbocycles. The molecule has 1 fully saturated rings. The van der Waals surface area contributed by atoms with Crippen LogP contribution < -0.4 is 10.1 Å². The molecule has 1 N–H and O–H groups in total. The minimum absolute atomic E-state index is 0.665. The van der Waals surface area contributed by atoms with Crippen LogP contribution in [0.25, 0.3) is 0 Å². The van der Waals surface area contributed by atoms with Crippen LogP contribution in [-0.4, -0.2) is 12.6 Å². The first-order chi connectivity index (χ1) is 9.33. The summed E-state index contributed by atoms with van der Waals surface area (Å²) in [7, 11) is 0. The summed E-state index contributed by atoms with van der Waals surface area (Å²) in [4.78, 5) is 0. The van der Waals surface area contributed by atoms with Crippen LogP contribution in [0.1, 0.15) is 49.7 Å². The van der Waals surface area contributed by atoms with E-state index in [0.29, 0.717) is 6.04 Å². The number of rotatable bonds is 3. The fourth-order valence-corrected chi connectivity index (χ4v) is 3.48. The second-order valence-corrected chi connectivity index (χ2v) is 6.16. The van der Waals surface area contributed by atoms with Crippen molar-refractivity contribution in [2.24, 2.45) is 0 Å². The maximum atomic E-state index is 6.19. The van der Waals surface area contributed by atoms with Crippen molar-refractivity contribution in [1.29, 1.82) is 0 Å². The minimum atomic E-state index is 0.665. The average molecular weight is 280 g/mol. The maximum absolute atomic E-state index is 6.19. The lowest BCUT2D eigenvalue weighted by Crippen LogP contribution is -2.28. The van der Waals surface area contributed by atoms with Crippen LogP contribution in [0.2, 0.25) is 5.02 Å². The largest absolute Gasteiger partial charge is 0.493 e. The molecule has 0 atom stereocenters. The molecular formula is C16H22ClNO. The van der Waals surface area contributed by atoms with Gasteiger partial charge in [-0.1, -0.05) is 37.3 Å². The third kappa shape index (κ3) is 3.24. The number of benzene rings is 1. The highest BCUT2D eigenvalue weighted by Gasteiger charge is 2.18. The van der Waals surface area contributed by atoms with Gasteiger partial charge in [0.1, 0.15) is 5.75 Å². The highest BCUT2D eigenvalue weighted by atomic mass is 35.5. The molecule has 19 heavy (non-hydrogen) atoms. The highest BCUT2D eigenvalue weighted by Crippen LogP contribution is 2.33. The average Bonchev–Trinajstić information content (AvgIpc) is 2.71. The SMILES string of the molecule is Clc1cc2c(c(CNC3CCCCCC3)c1)OCC2. The predicted octanol–water partition coefficient (Wildman–Crippen LogP) is 4.09. The van der Waals surface area contributed by atoms with Gasteiger partial charge >= 0.3 is 0 Å². The first-order valence-corrected chi connectivity index (χ1v) is 7.88. The Hall–Kier alpha value is -0.730. The molecule has 1 heterocycles. The fraction of sp³-hybridized carbons (Fsp3) is 0.625. The predicted molar refractivity (Wildman–Crippen MR) is 79.0 cm³/mol. The quantitative estimate of drug-likeness (QED) is 0.842. The highest BCUT2D eigenvalue weighted by molar-refractivity contribution is 6.30. The summed E-state index contributed by atoms with van der Waals surface area (Å²) in [5, 5.41) is 4.53. The monoisotopic (exact) mass is 279 g/mol. The molecule has 1 aliphatic heterocycles. The molecule has 0 bridgehead atoms. The van der Waals surface area contributed by atoms with Crippen LogP contribution in [0.4, 0.5) is 0 Å². The van der Waals surface area contributed by atoms with Crippen molar-refractivity contribution in [2.45, 2.75) is 57.5 Å². The molecule has 1 aliphatic carbocycles. The van der Waals surface area contributed by atoms with Gasteiger partial charge in [0.05, 0.1) is 6.61 Å². The van der Waals surface area contributed by atoms with Gasteiger partial charge in [-0.05, 0) is 30.5 Å². The molecule has 0 saturated heterocycles. The van der Waals surface area contributed by atoms with E-state index in [2.05, 4.69) is 11.4 Å². The molecule has 0 aromatic heterocycles. The lowest BCUT2D eigenvalue weighted by atomic mass is 10.1. The van der Waals surface area contributed by atoms with E-state index in [1.807, 2.05) is 6.07 Å². The molecule has 2 aliphatic rings. The molecule has 0 radical (unpaired) electrons. The molecule has 0 amide bonds. The van der Waals surface area contributed by atoms with Crippen LogP contribution >= 0.6 is 11.6 Å². The second-order valence-electron chi connectivity index (χ2n) is 5.72. The first-order valence-electron chi connectivity index (χ1n) is 7.50. The summed E-state index contributed by atoms with van der Waals surface area (Å²) < 4.78 is 5.75. The van der Waals surface area contributed by atoms with Gasteiger partial charge in [0.2, 0.25) is 0 Å². The van der Waals surface area contributed by atoms with Crippen molar-refractivity contribution in [2.75, 3.05) is 6.61 Å². The van der Waals surface area contributed by atoms with Gasteiger partial charge in [-0.15, -0.1) is 0 Å². The number of fused-ring (bicyclic) bond motifs is 1. The van der Waals surface area contributed by atoms with E-state index in [4.69, 9.17) is 16.3 Å². The Morgan fingerprint density at radius 1 is 1.16 bits per heavy atom. The fourth-order valence-electron chi connectivity index (χ4n) is 3.22. The van der Waals surface area contributed by atoms with Crippen molar-refractivity contribution >= 4 is 11.6 Å². The van der Waals surface area contributed by atoms with Crippen LogP contribution in [0.3, 0.4) is 0 Å². The van der Waals surface area contributed by atoms with E-state index < -0.39 is 0 Å². The van der Waals surface area contributed by atoms with E-state index in [-0.39, 0.29) is 0 Å². The lowest BCUT2D eigenvalue weighted by molar-refractivity contribution is 0.350. The molecule has 3 rings (SSSR count). The smallest absolute Gasteiger partial charge is 0.127 e. The molecule has 3 heteroatoms. The Labute approximate surface area is 120 Å². The van der Waals surface area contributed by atoms with Crippen molar-refractivity contribution in [3.05, 3.63) is 28.3 Å². The van der Waals surface area contributed by atoms with E-state index in [0.717, 1.165) is 30.3 Å². The molecule has 1 aromatic rings. The third-order valence-corrected chi connectivity index (χ3v) is 4.48. The van der Waals surface area contributed by atoms with Gasteiger partial charge in [-0.25, -0.2) is 0 Å². The summed E-state index contributed by atoms with van der Waals surface area (Å²) in [5.41, 5.74) is 2.49. The molecule has 0 unspecified atom stereocenters. The summed E-state index contributed by atoms with van der Waals surface area (Å²) in [6, 6.07) is 4.76. The summed E-state index contributed by atoms with van der Waals surface area (Å²) in [5.74, 6) is 1.07. The van der Waals surface area contributed by atoms with Gasteiger partial charge in [0.25, 0.3) is 0 Å². The van der Waals surface area contributed by atoms with Crippen LogP contribution in [-0.2, 0) is 13.0 Å². The number of halogens is 1. The maximum Gasteiger partial charge on any atom is 0.127 e. The van der Waals surface area contributed by atoms with Gasteiger partial charge in [0, 0.05) is 29.6 Å². The van der Waals surface area contributed by atoms with Crippen molar-refractivity contribution < 1.29 is 4.74 Å². The van der Waals surface area contributed by atoms with Gasteiger partial charge in [0.15, 0.2) is 0 Å².